The number of hydrogen-bond donors (Lipinski definition) is 2. The maximum Gasteiger partial charge on any atom is 0.0574 e. The molecule has 0 atom stereocenters. The number of anilines is 2. The van der Waals surface area contributed by atoms with Crippen LogP contribution in [0, 0.1) is 0 Å². The Balaban J connectivity index is 2.13. The third-order valence-corrected chi connectivity index (χ3v) is 3.52. The summed E-state index contributed by atoms with van der Waals surface area (Å²) in [7, 11) is 0. The van der Waals surface area contributed by atoms with Crippen LogP contribution in [0.2, 0.25) is 0 Å². The predicted molar refractivity (Wildman–Crippen MR) is 70.8 cm³/mol. The molecule has 2 nitrogen and oxygen atoms in total. The fourth-order valence-corrected chi connectivity index (χ4v) is 2.62. The normalized spacial score (nSPS) is 17.3. The third-order valence-electron chi connectivity index (χ3n) is 3.52. The molecule has 0 bridgehead atoms. The maximum absolute atomic E-state index is 6.05. The van der Waals surface area contributed by atoms with Crippen molar-refractivity contribution < 1.29 is 0 Å². The van der Waals surface area contributed by atoms with Crippen molar-refractivity contribution in [2.45, 2.75) is 44.9 Å². The molecular weight excluding hydrogens is 196 g/mol. The third kappa shape index (κ3) is 2.49. The first-order valence-electron chi connectivity index (χ1n) is 6.44. The average molecular weight is 218 g/mol. The second kappa shape index (κ2) is 5.24. The van der Waals surface area contributed by atoms with Crippen molar-refractivity contribution in [1.29, 1.82) is 0 Å². The van der Waals surface area contributed by atoms with E-state index in [1.165, 1.54) is 37.7 Å². The fourth-order valence-electron chi connectivity index (χ4n) is 2.62. The fraction of sp³-hybridized carbons (Fsp3) is 0.571. The monoisotopic (exact) mass is 218 g/mol. The molecule has 0 unspecified atom stereocenters. The molecule has 0 radical (unpaired) electrons. The Morgan fingerprint density at radius 1 is 1.25 bits per heavy atom. The van der Waals surface area contributed by atoms with E-state index in [2.05, 4.69) is 30.4 Å². The minimum atomic E-state index is 0.742. The summed E-state index contributed by atoms with van der Waals surface area (Å²) in [6.45, 7) is 3.02. The number of hydrogen-bond acceptors (Lipinski definition) is 2. The Morgan fingerprint density at radius 3 is 2.62 bits per heavy atom. The van der Waals surface area contributed by atoms with Crippen LogP contribution in [-0.4, -0.2) is 6.54 Å². The second-order valence-corrected chi connectivity index (χ2v) is 4.71. The molecule has 0 aliphatic heterocycles. The zero-order valence-corrected chi connectivity index (χ0v) is 10.1. The van der Waals surface area contributed by atoms with Gasteiger partial charge in [0.2, 0.25) is 0 Å². The summed E-state index contributed by atoms with van der Waals surface area (Å²) in [4.78, 5) is 0. The molecule has 0 aromatic heterocycles. The first-order valence-corrected chi connectivity index (χ1v) is 6.44. The van der Waals surface area contributed by atoms with Gasteiger partial charge in [0.25, 0.3) is 0 Å². The molecule has 0 amide bonds. The van der Waals surface area contributed by atoms with Gasteiger partial charge in [-0.05, 0) is 43.4 Å². The van der Waals surface area contributed by atoms with Crippen molar-refractivity contribution in [2.24, 2.45) is 0 Å². The molecular formula is C14H22N2. The Hall–Kier alpha value is -1.18. The largest absolute Gasteiger partial charge is 0.397 e. The Morgan fingerprint density at radius 2 is 2.00 bits per heavy atom. The van der Waals surface area contributed by atoms with Gasteiger partial charge < -0.3 is 11.1 Å². The highest BCUT2D eigenvalue weighted by molar-refractivity contribution is 5.67. The van der Waals surface area contributed by atoms with Crippen LogP contribution in [-0.2, 0) is 0 Å². The van der Waals surface area contributed by atoms with Crippen LogP contribution in [0.4, 0.5) is 11.4 Å². The van der Waals surface area contributed by atoms with Gasteiger partial charge in [0.1, 0.15) is 0 Å². The first kappa shape index (κ1) is 11.3. The molecule has 0 saturated heterocycles. The van der Waals surface area contributed by atoms with Gasteiger partial charge >= 0.3 is 0 Å². The molecule has 3 N–H and O–H groups in total. The molecule has 0 heterocycles. The van der Waals surface area contributed by atoms with Crippen molar-refractivity contribution >= 4 is 11.4 Å². The van der Waals surface area contributed by atoms with Crippen molar-refractivity contribution in [3.8, 4) is 0 Å². The molecule has 1 aromatic rings. The van der Waals surface area contributed by atoms with E-state index in [9.17, 15) is 0 Å². The SMILES string of the molecule is CCNc1ccc(C2CCCCC2)cc1N. The average Bonchev–Trinajstić information content (AvgIpc) is 2.33. The molecule has 16 heavy (non-hydrogen) atoms. The quantitative estimate of drug-likeness (QED) is 0.758. The van der Waals surface area contributed by atoms with Gasteiger partial charge in [0, 0.05) is 6.54 Å². The zero-order chi connectivity index (χ0) is 11.4. The lowest BCUT2D eigenvalue weighted by Gasteiger charge is -2.22. The summed E-state index contributed by atoms with van der Waals surface area (Å²) in [6.07, 6.45) is 6.82. The Kier molecular flexibility index (Phi) is 3.70. The van der Waals surface area contributed by atoms with E-state index in [-0.39, 0.29) is 0 Å². The summed E-state index contributed by atoms with van der Waals surface area (Å²) in [5.41, 5.74) is 9.45. The number of rotatable bonds is 3. The van der Waals surface area contributed by atoms with Crippen molar-refractivity contribution in [1.82, 2.24) is 0 Å². The van der Waals surface area contributed by atoms with Crippen LogP contribution in [0.5, 0.6) is 0 Å². The second-order valence-electron chi connectivity index (χ2n) is 4.71. The minimum Gasteiger partial charge on any atom is -0.397 e. The lowest BCUT2D eigenvalue weighted by Crippen LogP contribution is -2.06. The maximum atomic E-state index is 6.05. The zero-order valence-electron chi connectivity index (χ0n) is 10.1. The number of nitrogen functional groups attached to an aromatic ring is 1. The number of benzene rings is 1. The van der Waals surface area contributed by atoms with Gasteiger partial charge in [0.05, 0.1) is 11.4 Å². The smallest absolute Gasteiger partial charge is 0.0574 e. The van der Waals surface area contributed by atoms with E-state index in [1.54, 1.807) is 0 Å². The van der Waals surface area contributed by atoms with Gasteiger partial charge in [-0.1, -0.05) is 25.3 Å². The summed E-state index contributed by atoms with van der Waals surface area (Å²) in [5.74, 6) is 0.742. The highest BCUT2D eigenvalue weighted by atomic mass is 14.9. The van der Waals surface area contributed by atoms with E-state index < -0.39 is 0 Å². The lowest BCUT2D eigenvalue weighted by molar-refractivity contribution is 0.444. The molecule has 1 aliphatic carbocycles. The summed E-state index contributed by atoms with van der Waals surface area (Å²) >= 11 is 0. The highest BCUT2D eigenvalue weighted by Gasteiger charge is 2.15. The molecule has 0 spiro atoms. The first-order chi connectivity index (χ1) is 7.81. The van der Waals surface area contributed by atoms with Crippen LogP contribution in [0.25, 0.3) is 0 Å². The molecule has 1 saturated carbocycles. The number of nitrogens with two attached hydrogens (primary N) is 1. The van der Waals surface area contributed by atoms with Crippen molar-refractivity contribution in [3.05, 3.63) is 23.8 Å². The summed E-state index contributed by atoms with van der Waals surface area (Å²) < 4.78 is 0. The molecule has 88 valence electrons. The van der Waals surface area contributed by atoms with Crippen LogP contribution < -0.4 is 11.1 Å². The van der Waals surface area contributed by atoms with E-state index in [0.29, 0.717) is 0 Å². The number of nitrogens with one attached hydrogen (secondary N) is 1. The van der Waals surface area contributed by atoms with Gasteiger partial charge in [-0.25, -0.2) is 0 Å². The van der Waals surface area contributed by atoms with Gasteiger partial charge in [-0.3, -0.25) is 0 Å². The Bertz CT molecular complexity index is 341. The van der Waals surface area contributed by atoms with E-state index >= 15 is 0 Å². The van der Waals surface area contributed by atoms with Gasteiger partial charge in [-0.15, -0.1) is 0 Å². The van der Waals surface area contributed by atoms with Crippen molar-refractivity contribution in [2.75, 3.05) is 17.6 Å². The van der Waals surface area contributed by atoms with Crippen molar-refractivity contribution in [3.63, 3.8) is 0 Å². The standard InChI is InChI=1S/C14H22N2/c1-2-16-14-9-8-12(10-13(14)15)11-6-4-3-5-7-11/h8-11,16H,2-7,15H2,1H3. The topological polar surface area (TPSA) is 38.0 Å². The van der Waals surface area contributed by atoms with Gasteiger partial charge in [-0.2, -0.15) is 0 Å². The predicted octanol–water partition coefficient (Wildman–Crippen LogP) is 3.75. The molecule has 1 aliphatic rings. The minimum absolute atomic E-state index is 0.742. The molecule has 1 fully saturated rings. The Labute approximate surface area is 98.2 Å². The van der Waals surface area contributed by atoms with Gasteiger partial charge in [0.15, 0.2) is 0 Å². The lowest BCUT2D eigenvalue weighted by atomic mass is 9.84. The van der Waals surface area contributed by atoms with E-state index in [4.69, 9.17) is 5.73 Å². The van der Waals surface area contributed by atoms with E-state index in [0.717, 1.165) is 23.8 Å². The molecule has 1 aromatic carbocycles. The molecule has 2 heteroatoms. The summed E-state index contributed by atoms with van der Waals surface area (Å²) in [5, 5.41) is 3.28. The van der Waals surface area contributed by atoms with Crippen LogP contribution in [0.3, 0.4) is 0 Å². The highest BCUT2D eigenvalue weighted by Crippen LogP contribution is 2.34. The van der Waals surface area contributed by atoms with Crippen LogP contribution in [0.15, 0.2) is 18.2 Å². The van der Waals surface area contributed by atoms with Crippen LogP contribution >= 0.6 is 0 Å². The van der Waals surface area contributed by atoms with E-state index in [1.807, 2.05) is 0 Å². The van der Waals surface area contributed by atoms with Crippen LogP contribution in [0.1, 0.15) is 50.5 Å². The summed E-state index contributed by atoms with van der Waals surface area (Å²) in [6, 6.07) is 6.53. The molecule has 2 rings (SSSR count).